The monoisotopic (exact) mass is 221 g/mol. The molecule has 0 saturated carbocycles. The van der Waals surface area contributed by atoms with Crippen molar-refractivity contribution in [2.45, 2.75) is 0 Å². The van der Waals surface area contributed by atoms with Gasteiger partial charge in [-0.15, -0.1) is 0 Å². The molecule has 1 aliphatic heterocycles. The van der Waals surface area contributed by atoms with Gasteiger partial charge < -0.3 is 4.90 Å². The third-order valence-corrected chi connectivity index (χ3v) is 3.68. The minimum Gasteiger partial charge on any atom is -0.370 e. The number of nitrogens with zero attached hydrogens (tertiary/aromatic N) is 3. The van der Waals surface area contributed by atoms with E-state index in [1.165, 1.54) is 0 Å². The van der Waals surface area contributed by atoms with Crippen molar-refractivity contribution in [3.8, 4) is 6.07 Å². The van der Waals surface area contributed by atoms with E-state index in [9.17, 15) is 4.21 Å². The third-order valence-electron chi connectivity index (χ3n) is 2.40. The minimum atomic E-state index is -0.664. The van der Waals surface area contributed by atoms with E-state index in [-0.39, 0.29) is 0 Å². The highest BCUT2D eigenvalue weighted by Crippen LogP contribution is 2.16. The molecule has 4 nitrogen and oxygen atoms in total. The van der Waals surface area contributed by atoms with Crippen LogP contribution >= 0.6 is 0 Å². The van der Waals surface area contributed by atoms with Gasteiger partial charge in [0.05, 0.1) is 0 Å². The zero-order valence-corrected chi connectivity index (χ0v) is 9.04. The Balaban J connectivity index is 2.16. The predicted molar refractivity (Wildman–Crippen MR) is 59.0 cm³/mol. The molecule has 0 bridgehead atoms. The number of aromatic nitrogens is 1. The molecule has 0 unspecified atom stereocenters. The van der Waals surface area contributed by atoms with Gasteiger partial charge in [0.1, 0.15) is 11.8 Å². The predicted octanol–water partition coefficient (Wildman–Crippen LogP) is 0.522. The highest BCUT2D eigenvalue weighted by atomic mass is 32.2. The van der Waals surface area contributed by atoms with Crippen LogP contribution in [-0.2, 0) is 10.8 Å². The maximum Gasteiger partial charge on any atom is 0.142 e. The van der Waals surface area contributed by atoms with Crippen molar-refractivity contribution in [1.82, 2.24) is 4.98 Å². The number of pyridine rings is 1. The fourth-order valence-corrected chi connectivity index (χ4v) is 2.63. The SMILES string of the molecule is N#Cc1cc(N2CCS(=O)CC2)ccn1. The molecular formula is C10H11N3OS. The summed E-state index contributed by atoms with van der Waals surface area (Å²) in [5.74, 6) is 1.43. The number of rotatable bonds is 1. The maximum atomic E-state index is 11.2. The second-order valence-corrected chi connectivity index (χ2v) is 5.04. The van der Waals surface area contributed by atoms with Crippen LogP contribution in [0.4, 0.5) is 5.69 Å². The molecule has 78 valence electrons. The first-order chi connectivity index (χ1) is 7.29. The van der Waals surface area contributed by atoms with E-state index in [1.54, 1.807) is 12.3 Å². The van der Waals surface area contributed by atoms with Crippen LogP contribution < -0.4 is 4.90 Å². The molecule has 1 aromatic rings. The smallest absolute Gasteiger partial charge is 0.142 e. The Bertz CT molecular complexity index is 417. The molecule has 0 atom stereocenters. The first-order valence-electron chi connectivity index (χ1n) is 4.75. The Kier molecular flexibility index (Phi) is 2.97. The van der Waals surface area contributed by atoms with Gasteiger partial charge in [-0.1, -0.05) is 0 Å². The number of hydrogen-bond acceptors (Lipinski definition) is 4. The van der Waals surface area contributed by atoms with E-state index in [0.29, 0.717) is 17.2 Å². The molecule has 0 radical (unpaired) electrons. The number of hydrogen-bond donors (Lipinski definition) is 0. The fourth-order valence-electron chi connectivity index (χ4n) is 1.57. The average Bonchev–Trinajstić information content (AvgIpc) is 2.30. The Labute approximate surface area is 91.0 Å². The molecule has 1 saturated heterocycles. The summed E-state index contributed by atoms with van der Waals surface area (Å²) < 4.78 is 11.2. The minimum absolute atomic E-state index is 0.430. The lowest BCUT2D eigenvalue weighted by Crippen LogP contribution is -2.37. The van der Waals surface area contributed by atoms with Gasteiger partial charge in [0.2, 0.25) is 0 Å². The fraction of sp³-hybridized carbons (Fsp3) is 0.400. The molecular weight excluding hydrogens is 210 g/mol. The number of anilines is 1. The van der Waals surface area contributed by atoms with Gasteiger partial charge in [0, 0.05) is 47.3 Å². The van der Waals surface area contributed by atoms with E-state index >= 15 is 0 Å². The molecule has 0 amide bonds. The molecule has 0 aliphatic carbocycles. The first-order valence-corrected chi connectivity index (χ1v) is 6.24. The quantitative estimate of drug-likeness (QED) is 0.694. The van der Waals surface area contributed by atoms with Crippen LogP contribution in [0.25, 0.3) is 0 Å². The summed E-state index contributed by atoms with van der Waals surface area (Å²) in [6, 6.07) is 5.67. The zero-order chi connectivity index (χ0) is 10.7. The van der Waals surface area contributed by atoms with Crippen molar-refractivity contribution in [1.29, 1.82) is 5.26 Å². The highest BCUT2D eigenvalue weighted by Gasteiger charge is 2.15. The standard InChI is InChI=1S/C10H11N3OS/c11-8-9-7-10(1-2-12-9)13-3-5-15(14)6-4-13/h1-2,7H,3-6H2. The average molecular weight is 221 g/mol. The summed E-state index contributed by atoms with van der Waals surface area (Å²) in [4.78, 5) is 6.06. The largest absolute Gasteiger partial charge is 0.370 e. The lowest BCUT2D eigenvalue weighted by Gasteiger charge is -2.28. The lowest BCUT2D eigenvalue weighted by molar-refractivity contribution is 0.673. The summed E-state index contributed by atoms with van der Waals surface area (Å²) in [6.07, 6.45) is 1.64. The van der Waals surface area contributed by atoms with E-state index in [0.717, 1.165) is 18.8 Å². The van der Waals surface area contributed by atoms with Crippen molar-refractivity contribution in [2.75, 3.05) is 29.5 Å². The van der Waals surface area contributed by atoms with Crippen molar-refractivity contribution >= 4 is 16.5 Å². The Morgan fingerprint density at radius 2 is 2.20 bits per heavy atom. The second-order valence-electron chi connectivity index (χ2n) is 3.35. The molecule has 5 heteroatoms. The van der Waals surface area contributed by atoms with Crippen LogP contribution in [0.2, 0.25) is 0 Å². The van der Waals surface area contributed by atoms with Crippen LogP contribution in [0.5, 0.6) is 0 Å². The molecule has 15 heavy (non-hydrogen) atoms. The van der Waals surface area contributed by atoms with E-state index in [1.807, 2.05) is 12.1 Å². The van der Waals surface area contributed by atoms with Crippen LogP contribution in [0, 0.1) is 11.3 Å². The van der Waals surface area contributed by atoms with Gasteiger partial charge >= 0.3 is 0 Å². The normalized spacial score (nSPS) is 17.4. The molecule has 0 aromatic carbocycles. The van der Waals surface area contributed by atoms with Gasteiger partial charge in [0.25, 0.3) is 0 Å². The summed E-state index contributed by atoms with van der Waals surface area (Å²) in [7, 11) is -0.664. The Morgan fingerprint density at radius 3 is 2.87 bits per heavy atom. The molecule has 1 aliphatic rings. The van der Waals surface area contributed by atoms with Crippen molar-refractivity contribution in [3.05, 3.63) is 24.0 Å². The topological polar surface area (TPSA) is 57.0 Å². The van der Waals surface area contributed by atoms with E-state index < -0.39 is 10.8 Å². The summed E-state index contributed by atoms with van der Waals surface area (Å²) >= 11 is 0. The van der Waals surface area contributed by atoms with Gasteiger partial charge in [-0.25, -0.2) is 4.98 Å². The van der Waals surface area contributed by atoms with Crippen LogP contribution in [0.3, 0.4) is 0 Å². The van der Waals surface area contributed by atoms with Gasteiger partial charge in [-0.3, -0.25) is 4.21 Å². The molecule has 0 spiro atoms. The summed E-state index contributed by atoms with van der Waals surface area (Å²) in [5.41, 5.74) is 1.43. The third kappa shape index (κ3) is 2.34. The molecule has 2 rings (SSSR count). The van der Waals surface area contributed by atoms with Crippen molar-refractivity contribution in [3.63, 3.8) is 0 Å². The maximum absolute atomic E-state index is 11.2. The van der Waals surface area contributed by atoms with Gasteiger partial charge in [-0.05, 0) is 12.1 Å². The van der Waals surface area contributed by atoms with Crippen molar-refractivity contribution < 1.29 is 4.21 Å². The highest BCUT2D eigenvalue weighted by molar-refractivity contribution is 7.85. The van der Waals surface area contributed by atoms with Gasteiger partial charge in [0.15, 0.2) is 0 Å². The van der Waals surface area contributed by atoms with E-state index in [4.69, 9.17) is 5.26 Å². The Morgan fingerprint density at radius 1 is 1.47 bits per heavy atom. The van der Waals surface area contributed by atoms with E-state index in [2.05, 4.69) is 9.88 Å². The van der Waals surface area contributed by atoms with Gasteiger partial charge in [-0.2, -0.15) is 5.26 Å². The summed E-state index contributed by atoms with van der Waals surface area (Å²) in [5, 5.41) is 8.72. The second kappa shape index (κ2) is 4.41. The molecule has 1 aromatic heterocycles. The van der Waals surface area contributed by atoms with Crippen LogP contribution in [0.1, 0.15) is 5.69 Å². The molecule has 1 fully saturated rings. The number of nitriles is 1. The first kappa shape index (κ1) is 10.1. The summed E-state index contributed by atoms with van der Waals surface area (Å²) in [6.45, 7) is 1.59. The van der Waals surface area contributed by atoms with Crippen LogP contribution in [0.15, 0.2) is 18.3 Å². The zero-order valence-electron chi connectivity index (χ0n) is 8.22. The Hall–Kier alpha value is -1.41. The molecule has 2 heterocycles. The lowest BCUT2D eigenvalue weighted by atomic mass is 10.3. The molecule has 0 N–H and O–H groups in total. The van der Waals surface area contributed by atoms with Crippen LogP contribution in [-0.4, -0.2) is 33.8 Å². The van der Waals surface area contributed by atoms with Crippen molar-refractivity contribution in [2.24, 2.45) is 0 Å².